The summed E-state index contributed by atoms with van der Waals surface area (Å²) in [6.45, 7) is 4.23. The number of aromatic nitrogens is 1. The number of piperidine rings is 1. The summed E-state index contributed by atoms with van der Waals surface area (Å²) in [5, 5.41) is 8.80. The Bertz CT molecular complexity index is 549. The molecule has 2 heterocycles. The second-order valence-corrected chi connectivity index (χ2v) is 5.54. The Balaban J connectivity index is 2.29. The van der Waals surface area contributed by atoms with Crippen molar-refractivity contribution in [3.05, 3.63) is 29.6 Å². The highest BCUT2D eigenvalue weighted by Crippen LogP contribution is 2.25. The summed E-state index contributed by atoms with van der Waals surface area (Å²) in [4.78, 5) is 18.9. The zero-order valence-electron chi connectivity index (χ0n) is 12.7. The van der Waals surface area contributed by atoms with Crippen molar-refractivity contribution in [3.8, 4) is 11.8 Å². The molecular weight excluding hydrogens is 264 g/mol. The third-order valence-electron chi connectivity index (χ3n) is 3.94. The number of nitrogens with zero attached hydrogens (tertiary/aromatic N) is 2. The molecule has 0 radical (unpaired) electrons. The lowest BCUT2D eigenvalue weighted by molar-refractivity contribution is 0.0510. The molecule has 1 aliphatic rings. The molecule has 21 heavy (non-hydrogen) atoms. The highest BCUT2D eigenvalue weighted by atomic mass is 16.2. The third-order valence-corrected chi connectivity index (χ3v) is 3.94. The maximum absolute atomic E-state index is 12.9. The lowest BCUT2D eigenvalue weighted by Gasteiger charge is -2.39. The molecule has 1 amide bonds. The topological polar surface area (TPSA) is 53.4 Å². The molecule has 112 valence electrons. The van der Waals surface area contributed by atoms with Crippen LogP contribution in [0.3, 0.4) is 0 Å². The number of hydrogen-bond acceptors (Lipinski definition) is 3. The van der Waals surface area contributed by atoms with Crippen LogP contribution in [0.4, 0.5) is 0 Å². The Morgan fingerprint density at radius 2 is 2.14 bits per heavy atom. The molecule has 1 aromatic rings. The van der Waals surface area contributed by atoms with E-state index in [1.54, 1.807) is 18.5 Å². The Morgan fingerprint density at radius 1 is 1.43 bits per heavy atom. The number of amides is 1. The van der Waals surface area contributed by atoms with Crippen LogP contribution in [0.15, 0.2) is 18.5 Å². The standard InChI is InChI=1S/C17H22N2O2/c1-13-6-5-7-14(2)19(13)17(21)16-9-10-18-12-15(16)8-3-4-11-20/h9-10,12-14,20H,4-7,11H2,1-2H3/t13-,14+. The number of carbonyl (C=O) groups excluding carboxylic acids is 1. The number of rotatable bonds is 2. The highest BCUT2D eigenvalue weighted by molar-refractivity contribution is 5.97. The minimum Gasteiger partial charge on any atom is -0.395 e. The summed E-state index contributed by atoms with van der Waals surface area (Å²) < 4.78 is 0. The second kappa shape index (κ2) is 7.24. The van der Waals surface area contributed by atoms with Gasteiger partial charge in [-0.25, -0.2) is 0 Å². The van der Waals surface area contributed by atoms with Crippen molar-refractivity contribution in [1.82, 2.24) is 9.88 Å². The molecule has 1 fully saturated rings. The number of hydrogen-bond donors (Lipinski definition) is 1. The van der Waals surface area contributed by atoms with Gasteiger partial charge in [0.25, 0.3) is 5.91 Å². The van der Waals surface area contributed by atoms with E-state index in [9.17, 15) is 4.79 Å². The maximum Gasteiger partial charge on any atom is 0.255 e. The number of carbonyl (C=O) groups is 1. The van der Waals surface area contributed by atoms with E-state index in [1.807, 2.05) is 4.90 Å². The minimum absolute atomic E-state index is 0.0245. The first-order valence-corrected chi connectivity index (χ1v) is 7.51. The Morgan fingerprint density at radius 3 is 2.81 bits per heavy atom. The van der Waals surface area contributed by atoms with E-state index in [4.69, 9.17) is 5.11 Å². The molecule has 2 atom stereocenters. The van der Waals surface area contributed by atoms with Crippen LogP contribution in [-0.2, 0) is 0 Å². The van der Waals surface area contributed by atoms with Gasteiger partial charge < -0.3 is 10.0 Å². The van der Waals surface area contributed by atoms with Crippen LogP contribution in [0.25, 0.3) is 0 Å². The SMILES string of the molecule is C[C@@H]1CCC[C@H](C)N1C(=O)c1ccncc1C#CCCO. The molecule has 1 N–H and O–H groups in total. The molecule has 2 rings (SSSR count). The molecule has 0 aromatic carbocycles. The first kappa shape index (κ1) is 15.5. The van der Waals surface area contributed by atoms with Crippen molar-refractivity contribution < 1.29 is 9.90 Å². The van der Waals surface area contributed by atoms with Gasteiger partial charge in [0, 0.05) is 30.9 Å². The van der Waals surface area contributed by atoms with E-state index in [0.29, 0.717) is 17.5 Å². The van der Waals surface area contributed by atoms with Gasteiger partial charge in [-0.05, 0) is 39.2 Å². The summed E-state index contributed by atoms with van der Waals surface area (Å²) in [6.07, 6.45) is 6.92. The predicted molar refractivity (Wildman–Crippen MR) is 81.8 cm³/mol. The molecule has 0 spiro atoms. The number of likely N-dealkylation sites (tertiary alicyclic amines) is 1. The van der Waals surface area contributed by atoms with Crippen molar-refractivity contribution in [2.45, 2.75) is 51.6 Å². The van der Waals surface area contributed by atoms with Gasteiger partial charge in [-0.3, -0.25) is 9.78 Å². The number of aliphatic hydroxyl groups excluding tert-OH is 1. The lowest BCUT2D eigenvalue weighted by atomic mass is 9.96. The Kier molecular flexibility index (Phi) is 5.35. The third kappa shape index (κ3) is 3.62. The number of pyridine rings is 1. The van der Waals surface area contributed by atoms with Crippen molar-refractivity contribution in [1.29, 1.82) is 0 Å². The van der Waals surface area contributed by atoms with Crippen LogP contribution < -0.4 is 0 Å². The van der Waals surface area contributed by atoms with E-state index in [1.165, 1.54) is 6.42 Å². The summed E-state index contributed by atoms with van der Waals surface area (Å²) in [5.41, 5.74) is 1.25. The van der Waals surface area contributed by atoms with Gasteiger partial charge >= 0.3 is 0 Å². The van der Waals surface area contributed by atoms with Gasteiger partial charge in [0.2, 0.25) is 0 Å². The highest BCUT2D eigenvalue weighted by Gasteiger charge is 2.30. The van der Waals surface area contributed by atoms with Gasteiger partial charge in [0.15, 0.2) is 0 Å². The zero-order chi connectivity index (χ0) is 15.2. The van der Waals surface area contributed by atoms with Crippen LogP contribution in [0.1, 0.15) is 55.5 Å². The fourth-order valence-corrected chi connectivity index (χ4v) is 2.85. The molecule has 1 aromatic heterocycles. The first-order valence-electron chi connectivity index (χ1n) is 7.51. The first-order chi connectivity index (χ1) is 10.1. The van der Waals surface area contributed by atoms with Gasteiger partial charge in [0.1, 0.15) is 0 Å². The van der Waals surface area contributed by atoms with E-state index < -0.39 is 0 Å². The van der Waals surface area contributed by atoms with Crippen LogP contribution in [0.2, 0.25) is 0 Å². The molecule has 0 unspecified atom stereocenters. The van der Waals surface area contributed by atoms with E-state index in [2.05, 4.69) is 30.7 Å². The summed E-state index contributed by atoms with van der Waals surface area (Å²) >= 11 is 0. The van der Waals surface area contributed by atoms with Gasteiger partial charge in [-0.2, -0.15) is 0 Å². The van der Waals surface area contributed by atoms with Crippen LogP contribution >= 0.6 is 0 Å². The quantitative estimate of drug-likeness (QED) is 0.848. The summed E-state index contributed by atoms with van der Waals surface area (Å²) in [5.74, 6) is 5.84. The average Bonchev–Trinajstić information content (AvgIpc) is 2.47. The second-order valence-electron chi connectivity index (χ2n) is 5.54. The normalized spacial score (nSPS) is 21.6. The van der Waals surface area contributed by atoms with Gasteiger partial charge in [0.05, 0.1) is 17.7 Å². The minimum atomic E-state index is 0.0245. The summed E-state index contributed by atoms with van der Waals surface area (Å²) in [6, 6.07) is 2.25. The molecular formula is C17H22N2O2. The van der Waals surface area contributed by atoms with E-state index in [-0.39, 0.29) is 24.6 Å². The molecule has 0 aliphatic carbocycles. The molecule has 1 saturated heterocycles. The van der Waals surface area contributed by atoms with E-state index >= 15 is 0 Å². The largest absolute Gasteiger partial charge is 0.395 e. The average molecular weight is 286 g/mol. The fraction of sp³-hybridized carbons (Fsp3) is 0.529. The summed E-state index contributed by atoms with van der Waals surface area (Å²) in [7, 11) is 0. The fourth-order valence-electron chi connectivity index (χ4n) is 2.85. The monoisotopic (exact) mass is 286 g/mol. The molecule has 1 aliphatic heterocycles. The zero-order valence-corrected chi connectivity index (χ0v) is 12.7. The van der Waals surface area contributed by atoms with Crippen LogP contribution in [-0.4, -0.2) is 39.6 Å². The molecule has 4 nitrogen and oxygen atoms in total. The smallest absolute Gasteiger partial charge is 0.255 e. The van der Waals surface area contributed by atoms with Crippen molar-refractivity contribution >= 4 is 5.91 Å². The molecule has 4 heteroatoms. The number of aliphatic hydroxyl groups is 1. The van der Waals surface area contributed by atoms with Gasteiger partial charge in [-0.15, -0.1) is 0 Å². The van der Waals surface area contributed by atoms with E-state index in [0.717, 1.165) is 12.8 Å². The van der Waals surface area contributed by atoms with Crippen LogP contribution in [0.5, 0.6) is 0 Å². The Labute approximate surface area is 126 Å². The van der Waals surface area contributed by atoms with Crippen molar-refractivity contribution in [2.75, 3.05) is 6.61 Å². The lowest BCUT2D eigenvalue weighted by Crippen LogP contribution is -2.47. The maximum atomic E-state index is 12.9. The predicted octanol–water partition coefficient (Wildman–Crippen LogP) is 2.22. The van der Waals surface area contributed by atoms with Crippen LogP contribution in [0, 0.1) is 11.8 Å². The van der Waals surface area contributed by atoms with Gasteiger partial charge in [-0.1, -0.05) is 11.8 Å². The molecule has 0 saturated carbocycles. The molecule has 0 bridgehead atoms. The van der Waals surface area contributed by atoms with Crippen molar-refractivity contribution in [2.24, 2.45) is 0 Å². The Hall–Kier alpha value is -1.86. The van der Waals surface area contributed by atoms with Crippen molar-refractivity contribution in [3.63, 3.8) is 0 Å².